The van der Waals surface area contributed by atoms with Crippen LogP contribution in [0.25, 0.3) is 0 Å². The minimum Gasteiger partial charge on any atom is -0.457 e. The van der Waals surface area contributed by atoms with Crippen LogP contribution in [0, 0.1) is 0 Å². The van der Waals surface area contributed by atoms with E-state index < -0.39 is 0 Å². The van der Waals surface area contributed by atoms with E-state index in [4.69, 9.17) is 4.74 Å². The van der Waals surface area contributed by atoms with Crippen LogP contribution < -0.4 is 9.64 Å². The molecule has 0 saturated carbocycles. The van der Waals surface area contributed by atoms with Crippen LogP contribution in [0.5, 0.6) is 11.5 Å². The number of hydrogen-bond donors (Lipinski definition) is 1. The average Bonchev–Trinajstić information content (AvgIpc) is 2.81. The molecule has 1 saturated heterocycles. The number of para-hydroxylation sites is 2. The maximum Gasteiger partial charge on any atom is 0.127 e. The van der Waals surface area contributed by atoms with Crippen molar-refractivity contribution in [1.29, 1.82) is 0 Å². The van der Waals surface area contributed by atoms with Crippen LogP contribution in [-0.2, 0) is 0 Å². The molecule has 0 spiro atoms. The Morgan fingerprint density at radius 1 is 0.871 bits per heavy atom. The molecule has 1 heterocycles. The standard InChI is InChI=1S/C27H32N2O2/c1-28(24-8-4-2-5-9-24)20-25(30)21-29-18-16-23(17-19-29)22-12-14-27(15-13-22)31-26-10-6-3-7-11-26/h2-15,23,25,30H,16-21H2,1H3. The summed E-state index contributed by atoms with van der Waals surface area (Å²) in [5.41, 5.74) is 2.52. The van der Waals surface area contributed by atoms with Crippen molar-refractivity contribution in [3.05, 3.63) is 90.5 Å². The first-order valence-electron chi connectivity index (χ1n) is 11.2. The molecule has 0 bridgehead atoms. The summed E-state index contributed by atoms with van der Waals surface area (Å²) in [6.07, 6.45) is 1.90. The number of rotatable bonds is 8. The molecular formula is C27H32N2O2. The molecule has 1 atom stereocenters. The van der Waals surface area contributed by atoms with Gasteiger partial charge in [0.05, 0.1) is 6.10 Å². The van der Waals surface area contributed by atoms with Crippen molar-refractivity contribution in [2.45, 2.75) is 24.9 Å². The fraction of sp³-hybridized carbons (Fsp3) is 0.333. The lowest BCUT2D eigenvalue weighted by molar-refractivity contribution is 0.102. The summed E-state index contributed by atoms with van der Waals surface area (Å²) in [6, 6.07) is 28.6. The Kier molecular flexibility index (Phi) is 7.23. The van der Waals surface area contributed by atoms with Crippen molar-refractivity contribution < 1.29 is 9.84 Å². The molecule has 0 aliphatic carbocycles. The van der Waals surface area contributed by atoms with Crippen LogP contribution in [0.4, 0.5) is 5.69 Å². The number of ether oxygens (including phenoxy) is 1. The quantitative estimate of drug-likeness (QED) is 0.551. The number of piperidine rings is 1. The van der Waals surface area contributed by atoms with Crippen LogP contribution in [-0.4, -0.2) is 49.3 Å². The van der Waals surface area contributed by atoms with Gasteiger partial charge >= 0.3 is 0 Å². The minimum absolute atomic E-state index is 0.351. The summed E-state index contributed by atoms with van der Waals surface area (Å²) >= 11 is 0. The van der Waals surface area contributed by atoms with Gasteiger partial charge in [-0.05, 0) is 73.8 Å². The van der Waals surface area contributed by atoms with E-state index in [-0.39, 0.29) is 6.10 Å². The molecule has 31 heavy (non-hydrogen) atoms. The molecule has 1 N–H and O–H groups in total. The molecule has 4 heteroatoms. The predicted octanol–water partition coefficient (Wildman–Crippen LogP) is 5.16. The zero-order valence-electron chi connectivity index (χ0n) is 18.2. The number of benzene rings is 3. The van der Waals surface area contributed by atoms with Crippen molar-refractivity contribution in [2.75, 3.05) is 38.1 Å². The molecule has 4 rings (SSSR count). The molecular weight excluding hydrogens is 384 g/mol. The molecule has 1 unspecified atom stereocenters. The van der Waals surface area contributed by atoms with Crippen molar-refractivity contribution >= 4 is 5.69 Å². The Balaban J connectivity index is 1.23. The van der Waals surface area contributed by atoms with E-state index in [0.29, 0.717) is 12.5 Å². The number of likely N-dealkylation sites (tertiary alicyclic amines) is 1. The Morgan fingerprint density at radius 2 is 1.45 bits per heavy atom. The van der Waals surface area contributed by atoms with E-state index in [9.17, 15) is 5.11 Å². The third-order valence-electron chi connectivity index (χ3n) is 6.07. The molecule has 1 aliphatic rings. The van der Waals surface area contributed by atoms with Crippen molar-refractivity contribution in [2.24, 2.45) is 0 Å². The second-order valence-electron chi connectivity index (χ2n) is 8.43. The number of likely N-dealkylation sites (N-methyl/N-ethyl adjacent to an activating group) is 1. The highest BCUT2D eigenvalue weighted by Crippen LogP contribution is 2.30. The monoisotopic (exact) mass is 416 g/mol. The van der Waals surface area contributed by atoms with Gasteiger partial charge in [0, 0.05) is 25.8 Å². The number of nitrogens with zero attached hydrogens (tertiary/aromatic N) is 2. The largest absolute Gasteiger partial charge is 0.457 e. The normalized spacial score (nSPS) is 16.1. The Bertz CT molecular complexity index is 907. The smallest absolute Gasteiger partial charge is 0.127 e. The highest BCUT2D eigenvalue weighted by molar-refractivity contribution is 5.45. The molecule has 3 aromatic rings. The molecule has 3 aromatic carbocycles. The maximum absolute atomic E-state index is 10.6. The third-order valence-corrected chi connectivity index (χ3v) is 6.07. The van der Waals surface area contributed by atoms with Gasteiger partial charge in [0.15, 0.2) is 0 Å². The van der Waals surface area contributed by atoms with E-state index in [2.05, 4.69) is 46.2 Å². The van der Waals surface area contributed by atoms with Gasteiger partial charge in [0.25, 0.3) is 0 Å². The molecule has 1 aliphatic heterocycles. The van der Waals surface area contributed by atoms with Gasteiger partial charge in [-0.15, -0.1) is 0 Å². The lowest BCUT2D eigenvalue weighted by atomic mass is 9.89. The topological polar surface area (TPSA) is 35.9 Å². The third kappa shape index (κ3) is 6.09. The van der Waals surface area contributed by atoms with Crippen LogP contribution >= 0.6 is 0 Å². The SMILES string of the molecule is CN(CC(O)CN1CCC(c2ccc(Oc3ccccc3)cc2)CC1)c1ccccc1. The van der Waals surface area contributed by atoms with E-state index in [1.807, 2.05) is 55.6 Å². The second-order valence-corrected chi connectivity index (χ2v) is 8.43. The van der Waals surface area contributed by atoms with E-state index in [1.165, 1.54) is 5.56 Å². The molecule has 0 aromatic heterocycles. The summed E-state index contributed by atoms with van der Waals surface area (Å²) < 4.78 is 5.91. The zero-order valence-corrected chi connectivity index (χ0v) is 18.2. The van der Waals surface area contributed by atoms with Crippen LogP contribution in [0.3, 0.4) is 0 Å². The van der Waals surface area contributed by atoms with E-state index >= 15 is 0 Å². The minimum atomic E-state index is -0.351. The second kappa shape index (κ2) is 10.5. The molecule has 0 amide bonds. The lowest BCUT2D eigenvalue weighted by Gasteiger charge is -2.34. The van der Waals surface area contributed by atoms with Crippen molar-refractivity contribution in [3.63, 3.8) is 0 Å². The summed E-state index contributed by atoms with van der Waals surface area (Å²) in [7, 11) is 2.04. The summed E-state index contributed by atoms with van der Waals surface area (Å²) in [6.45, 7) is 3.43. The number of anilines is 1. The van der Waals surface area contributed by atoms with E-state index in [0.717, 1.165) is 49.7 Å². The van der Waals surface area contributed by atoms with Gasteiger partial charge in [0.1, 0.15) is 11.5 Å². The summed E-state index contributed by atoms with van der Waals surface area (Å²) in [5, 5.41) is 10.6. The fourth-order valence-electron chi connectivity index (χ4n) is 4.34. The number of β-amino-alcohol motifs (C(OH)–C–C–N with tert-alkyl or cyclic N) is 1. The number of aliphatic hydroxyl groups is 1. The van der Waals surface area contributed by atoms with Gasteiger partial charge < -0.3 is 19.6 Å². The molecule has 0 radical (unpaired) electrons. The van der Waals surface area contributed by atoms with Gasteiger partial charge in [-0.25, -0.2) is 0 Å². The van der Waals surface area contributed by atoms with Crippen molar-refractivity contribution in [1.82, 2.24) is 4.90 Å². The zero-order chi connectivity index (χ0) is 21.5. The molecule has 162 valence electrons. The van der Waals surface area contributed by atoms with Crippen LogP contribution in [0.15, 0.2) is 84.9 Å². The summed E-state index contributed by atoms with van der Waals surface area (Å²) in [5.74, 6) is 2.31. The fourth-order valence-corrected chi connectivity index (χ4v) is 4.34. The highest BCUT2D eigenvalue weighted by Gasteiger charge is 2.22. The van der Waals surface area contributed by atoms with Crippen molar-refractivity contribution in [3.8, 4) is 11.5 Å². The van der Waals surface area contributed by atoms with Gasteiger partial charge in [0.2, 0.25) is 0 Å². The number of aliphatic hydroxyl groups excluding tert-OH is 1. The van der Waals surface area contributed by atoms with Crippen LogP contribution in [0.2, 0.25) is 0 Å². The lowest BCUT2D eigenvalue weighted by Crippen LogP contribution is -2.42. The van der Waals surface area contributed by atoms with Crippen LogP contribution in [0.1, 0.15) is 24.3 Å². The first kappa shape index (κ1) is 21.4. The Hall–Kier alpha value is -2.82. The molecule has 4 nitrogen and oxygen atoms in total. The van der Waals surface area contributed by atoms with Gasteiger partial charge in [-0.3, -0.25) is 0 Å². The predicted molar refractivity (Wildman–Crippen MR) is 127 cm³/mol. The van der Waals surface area contributed by atoms with Gasteiger partial charge in [-0.1, -0.05) is 48.5 Å². The number of hydrogen-bond acceptors (Lipinski definition) is 4. The molecule has 1 fully saturated rings. The first-order chi connectivity index (χ1) is 15.2. The Morgan fingerprint density at radius 3 is 2.10 bits per heavy atom. The first-order valence-corrected chi connectivity index (χ1v) is 11.2. The Labute approximate surface area is 185 Å². The summed E-state index contributed by atoms with van der Waals surface area (Å²) in [4.78, 5) is 4.52. The highest BCUT2D eigenvalue weighted by atomic mass is 16.5. The van der Waals surface area contributed by atoms with Gasteiger partial charge in [-0.2, -0.15) is 0 Å². The van der Waals surface area contributed by atoms with E-state index in [1.54, 1.807) is 0 Å². The average molecular weight is 417 g/mol. The maximum atomic E-state index is 10.6.